The Kier molecular flexibility index (Phi) is 4.42. The van der Waals surface area contributed by atoms with Gasteiger partial charge in [0.05, 0.1) is 6.61 Å². The Bertz CT molecular complexity index is 1070. The molecule has 0 saturated heterocycles. The SMILES string of the molecule is c1ccc(OC[C@H]2Cc3c(-c4ccccc4)cccc3-c3ccccc32)cc1. The van der Waals surface area contributed by atoms with Gasteiger partial charge in [-0.2, -0.15) is 0 Å². The van der Waals surface area contributed by atoms with E-state index in [0.717, 1.165) is 12.2 Å². The van der Waals surface area contributed by atoms with Gasteiger partial charge in [0.1, 0.15) is 5.75 Å². The highest BCUT2D eigenvalue weighted by Gasteiger charge is 2.26. The molecule has 4 aromatic carbocycles. The van der Waals surface area contributed by atoms with E-state index >= 15 is 0 Å². The molecule has 136 valence electrons. The van der Waals surface area contributed by atoms with E-state index in [2.05, 4.69) is 72.8 Å². The van der Waals surface area contributed by atoms with Gasteiger partial charge in [-0.3, -0.25) is 0 Å². The van der Waals surface area contributed by atoms with Gasteiger partial charge in [0.15, 0.2) is 0 Å². The lowest BCUT2D eigenvalue weighted by atomic mass is 9.76. The molecule has 1 heteroatoms. The van der Waals surface area contributed by atoms with Crippen LogP contribution in [0, 0.1) is 0 Å². The Hall–Kier alpha value is -3.32. The first-order chi connectivity index (χ1) is 13.9. The summed E-state index contributed by atoms with van der Waals surface area (Å²) in [6.45, 7) is 0.684. The molecule has 0 N–H and O–H groups in total. The molecule has 0 amide bonds. The van der Waals surface area contributed by atoms with Crippen molar-refractivity contribution >= 4 is 0 Å². The van der Waals surface area contributed by atoms with Crippen LogP contribution >= 0.6 is 0 Å². The lowest BCUT2D eigenvalue weighted by molar-refractivity contribution is 0.286. The standard InChI is InChI=1S/C27H22O/c1-3-10-20(11-4-1)23-16-9-17-26-25-15-8-7-14-24(25)21(18-27(23)26)19-28-22-12-5-2-6-13-22/h1-17,21H,18-19H2/t21-/m1/s1. The van der Waals surface area contributed by atoms with Crippen molar-refractivity contribution in [1.29, 1.82) is 0 Å². The van der Waals surface area contributed by atoms with Crippen LogP contribution < -0.4 is 4.74 Å². The number of benzene rings is 4. The fourth-order valence-corrected chi connectivity index (χ4v) is 4.26. The largest absolute Gasteiger partial charge is 0.493 e. The van der Waals surface area contributed by atoms with Crippen LogP contribution in [-0.4, -0.2) is 6.61 Å². The van der Waals surface area contributed by atoms with Crippen molar-refractivity contribution < 1.29 is 4.74 Å². The second-order valence-electron chi connectivity index (χ2n) is 7.31. The minimum absolute atomic E-state index is 0.341. The molecule has 0 spiro atoms. The topological polar surface area (TPSA) is 9.23 Å². The van der Waals surface area contributed by atoms with Gasteiger partial charge in [-0.05, 0) is 51.9 Å². The molecular weight excluding hydrogens is 340 g/mol. The lowest BCUT2D eigenvalue weighted by Gasteiger charge is -2.29. The predicted molar refractivity (Wildman–Crippen MR) is 116 cm³/mol. The maximum atomic E-state index is 6.16. The summed E-state index contributed by atoms with van der Waals surface area (Å²) in [6.07, 6.45) is 0.990. The summed E-state index contributed by atoms with van der Waals surface area (Å²) >= 11 is 0. The van der Waals surface area contributed by atoms with Crippen molar-refractivity contribution in [3.05, 3.63) is 114 Å². The van der Waals surface area contributed by atoms with E-state index in [-0.39, 0.29) is 0 Å². The normalized spacial score (nSPS) is 14.8. The molecule has 0 aliphatic heterocycles. The monoisotopic (exact) mass is 362 g/mol. The average molecular weight is 362 g/mol. The van der Waals surface area contributed by atoms with E-state index < -0.39 is 0 Å². The smallest absolute Gasteiger partial charge is 0.119 e. The molecule has 1 atom stereocenters. The van der Waals surface area contributed by atoms with E-state index in [0.29, 0.717) is 12.5 Å². The van der Waals surface area contributed by atoms with Gasteiger partial charge in [-0.25, -0.2) is 0 Å². The fourth-order valence-electron chi connectivity index (χ4n) is 4.26. The van der Waals surface area contributed by atoms with Crippen LogP contribution in [0.1, 0.15) is 17.0 Å². The van der Waals surface area contributed by atoms with Crippen LogP contribution in [-0.2, 0) is 6.42 Å². The molecule has 0 unspecified atom stereocenters. The maximum absolute atomic E-state index is 6.16. The molecule has 0 heterocycles. The van der Waals surface area contributed by atoms with E-state index in [1.165, 1.54) is 33.4 Å². The van der Waals surface area contributed by atoms with Crippen molar-refractivity contribution in [2.24, 2.45) is 0 Å². The molecule has 28 heavy (non-hydrogen) atoms. The summed E-state index contributed by atoms with van der Waals surface area (Å²) in [4.78, 5) is 0. The van der Waals surface area contributed by atoms with Crippen molar-refractivity contribution in [1.82, 2.24) is 0 Å². The molecule has 0 radical (unpaired) electrons. The Morgan fingerprint density at radius 3 is 2.07 bits per heavy atom. The molecule has 0 bridgehead atoms. The predicted octanol–water partition coefficient (Wildman–Crippen LogP) is 6.74. The highest BCUT2D eigenvalue weighted by Crippen LogP contribution is 2.43. The van der Waals surface area contributed by atoms with Crippen LogP contribution in [0.5, 0.6) is 5.75 Å². The zero-order valence-corrected chi connectivity index (χ0v) is 15.7. The number of para-hydroxylation sites is 1. The van der Waals surface area contributed by atoms with Gasteiger partial charge in [0.25, 0.3) is 0 Å². The molecule has 5 rings (SSSR count). The Balaban J connectivity index is 1.56. The van der Waals surface area contributed by atoms with E-state index in [1.807, 2.05) is 30.3 Å². The third-order valence-corrected chi connectivity index (χ3v) is 5.60. The molecule has 0 saturated carbocycles. The lowest BCUT2D eigenvalue weighted by Crippen LogP contribution is -2.18. The maximum Gasteiger partial charge on any atom is 0.119 e. The summed E-state index contributed by atoms with van der Waals surface area (Å²) in [6, 6.07) is 36.3. The summed E-state index contributed by atoms with van der Waals surface area (Å²) in [7, 11) is 0. The van der Waals surface area contributed by atoms with Crippen molar-refractivity contribution in [3.8, 4) is 28.0 Å². The molecule has 1 nitrogen and oxygen atoms in total. The van der Waals surface area contributed by atoms with Crippen LogP contribution in [0.25, 0.3) is 22.3 Å². The first-order valence-electron chi connectivity index (χ1n) is 9.84. The second-order valence-corrected chi connectivity index (χ2v) is 7.31. The molecular formula is C27H22O. The number of ether oxygens (including phenoxy) is 1. The van der Waals surface area contributed by atoms with E-state index in [9.17, 15) is 0 Å². The second kappa shape index (κ2) is 7.36. The van der Waals surface area contributed by atoms with Crippen molar-refractivity contribution in [3.63, 3.8) is 0 Å². The number of fused-ring (bicyclic) bond motifs is 3. The Morgan fingerprint density at radius 2 is 1.25 bits per heavy atom. The molecule has 1 aliphatic rings. The zero-order valence-electron chi connectivity index (χ0n) is 15.7. The number of hydrogen-bond donors (Lipinski definition) is 0. The van der Waals surface area contributed by atoms with E-state index in [1.54, 1.807) is 0 Å². The van der Waals surface area contributed by atoms with Gasteiger partial charge in [-0.15, -0.1) is 0 Å². The number of hydrogen-bond acceptors (Lipinski definition) is 1. The van der Waals surface area contributed by atoms with Crippen molar-refractivity contribution in [2.75, 3.05) is 6.61 Å². The minimum Gasteiger partial charge on any atom is -0.493 e. The highest BCUT2D eigenvalue weighted by molar-refractivity contribution is 5.82. The van der Waals surface area contributed by atoms with Crippen LogP contribution in [0.2, 0.25) is 0 Å². The van der Waals surface area contributed by atoms with Gasteiger partial charge in [-0.1, -0.05) is 91.0 Å². The molecule has 0 fully saturated rings. The third-order valence-electron chi connectivity index (χ3n) is 5.60. The molecule has 1 aliphatic carbocycles. The summed E-state index contributed by atoms with van der Waals surface area (Å²) in [5, 5.41) is 0. The van der Waals surface area contributed by atoms with Gasteiger partial charge >= 0.3 is 0 Å². The van der Waals surface area contributed by atoms with E-state index in [4.69, 9.17) is 4.74 Å². The van der Waals surface area contributed by atoms with Gasteiger partial charge in [0, 0.05) is 5.92 Å². The van der Waals surface area contributed by atoms with Crippen molar-refractivity contribution in [2.45, 2.75) is 12.3 Å². The third kappa shape index (κ3) is 3.10. The van der Waals surface area contributed by atoms with Gasteiger partial charge in [0.2, 0.25) is 0 Å². The first kappa shape index (κ1) is 16.8. The minimum atomic E-state index is 0.341. The Morgan fingerprint density at radius 1 is 0.607 bits per heavy atom. The zero-order chi connectivity index (χ0) is 18.8. The molecule has 0 aromatic heterocycles. The highest BCUT2D eigenvalue weighted by atomic mass is 16.5. The summed E-state index contributed by atoms with van der Waals surface area (Å²) in [5.74, 6) is 1.27. The first-order valence-corrected chi connectivity index (χ1v) is 9.84. The quantitative estimate of drug-likeness (QED) is 0.391. The fraction of sp³-hybridized carbons (Fsp3) is 0.111. The Labute approximate surface area is 166 Å². The van der Waals surface area contributed by atoms with Crippen LogP contribution in [0.4, 0.5) is 0 Å². The van der Waals surface area contributed by atoms with Crippen LogP contribution in [0.15, 0.2) is 103 Å². The molecule has 4 aromatic rings. The van der Waals surface area contributed by atoms with Crippen LogP contribution in [0.3, 0.4) is 0 Å². The summed E-state index contributed by atoms with van der Waals surface area (Å²) in [5.41, 5.74) is 8.11. The summed E-state index contributed by atoms with van der Waals surface area (Å²) < 4.78 is 6.16. The van der Waals surface area contributed by atoms with Gasteiger partial charge < -0.3 is 4.74 Å². The number of rotatable bonds is 4. The average Bonchev–Trinajstić information content (AvgIpc) is 2.78.